The summed E-state index contributed by atoms with van der Waals surface area (Å²) in [5.74, 6) is -1.05. The molecule has 5 rings (SSSR count). The van der Waals surface area contributed by atoms with E-state index in [9.17, 15) is 9.59 Å². The van der Waals surface area contributed by atoms with Crippen molar-refractivity contribution in [1.82, 2.24) is 14.9 Å². The van der Waals surface area contributed by atoms with E-state index in [1.54, 1.807) is 13.1 Å². The molecule has 0 radical (unpaired) electrons. The van der Waals surface area contributed by atoms with E-state index in [1.807, 2.05) is 53.6 Å². The maximum Gasteiger partial charge on any atom is 0.345 e. The van der Waals surface area contributed by atoms with Crippen molar-refractivity contribution in [2.24, 2.45) is 0 Å². The highest BCUT2D eigenvalue weighted by Crippen LogP contribution is 2.38. The van der Waals surface area contributed by atoms with Gasteiger partial charge in [-0.1, -0.05) is 24.3 Å². The number of pyridine rings is 1. The van der Waals surface area contributed by atoms with Crippen LogP contribution in [0.25, 0.3) is 22.8 Å². The number of H-pyrrole nitrogens is 1. The minimum absolute atomic E-state index is 0.0616. The summed E-state index contributed by atoms with van der Waals surface area (Å²) in [5.41, 5.74) is 4.65. The number of hydrogen-bond donors (Lipinski definition) is 1. The van der Waals surface area contributed by atoms with Gasteiger partial charge in [0.2, 0.25) is 12.0 Å². The highest BCUT2D eigenvalue weighted by atomic mass is 16.5. The lowest BCUT2D eigenvalue weighted by Crippen LogP contribution is -2.37. The van der Waals surface area contributed by atoms with Gasteiger partial charge in [-0.05, 0) is 30.7 Å². The molecule has 0 aliphatic carbocycles. The molecular weight excluding hydrogens is 382 g/mol. The van der Waals surface area contributed by atoms with Gasteiger partial charge in [0.1, 0.15) is 17.5 Å². The fourth-order valence-electron chi connectivity index (χ4n) is 3.90. The molecule has 0 bridgehead atoms. The summed E-state index contributed by atoms with van der Waals surface area (Å²) in [5, 5.41) is 0.985. The first-order chi connectivity index (χ1) is 14.7. The van der Waals surface area contributed by atoms with E-state index in [2.05, 4.69) is 9.97 Å². The van der Waals surface area contributed by atoms with Crippen LogP contribution in [0.5, 0.6) is 0 Å². The van der Waals surface area contributed by atoms with Crippen molar-refractivity contribution in [2.45, 2.75) is 19.7 Å². The van der Waals surface area contributed by atoms with Gasteiger partial charge in [-0.2, -0.15) is 0 Å². The van der Waals surface area contributed by atoms with Gasteiger partial charge in [0.05, 0.1) is 6.61 Å². The van der Waals surface area contributed by atoms with Crippen molar-refractivity contribution in [2.75, 3.05) is 6.61 Å². The van der Waals surface area contributed by atoms with E-state index in [1.165, 1.54) is 6.26 Å². The van der Waals surface area contributed by atoms with Crippen LogP contribution in [-0.4, -0.2) is 39.5 Å². The Morgan fingerprint density at radius 1 is 1.33 bits per heavy atom. The molecule has 0 saturated heterocycles. The number of benzene rings is 1. The lowest BCUT2D eigenvalue weighted by Gasteiger charge is -2.25. The Kier molecular flexibility index (Phi) is 4.35. The summed E-state index contributed by atoms with van der Waals surface area (Å²) in [6.07, 6.45) is 5.95. The van der Waals surface area contributed by atoms with Crippen molar-refractivity contribution in [3.05, 3.63) is 77.3 Å². The van der Waals surface area contributed by atoms with Gasteiger partial charge in [0.15, 0.2) is 0 Å². The highest BCUT2D eigenvalue weighted by molar-refractivity contribution is 6.20. The van der Waals surface area contributed by atoms with Crippen LogP contribution in [0.4, 0.5) is 0 Å². The molecule has 1 unspecified atom stereocenters. The molecule has 0 saturated carbocycles. The number of Topliss-reactive ketones (excluding diaryl/α,β-unsaturated/α-hetero) is 1. The number of rotatable bonds is 4. The van der Waals surface area contributed by atoms with Crippen LogP contribution in [-0.2, 0) is 25.6 Å². The largest absolute Gasteiger partial charge is 0.469 e. The lowest BCUT2D eigenvalue weighted by atomic mass is 10.1. The third-order valence-electron chi connectivity index (χ3n) is 5.30. The van der Waals surface area contributed by atoms with Crippen molar-refractivity contribution >= 4 is 34.6 Å². The molecule has 0 fully saturated rings. The second-order valence-corrected chi connectivity index (χ2v) is 7.06. The molecule has 0 spiro atoms. The molecule has 3 aromatic rings. The summed E-state index contributed by atoms with van der Waals surface area (Å²) in [6.45, 7) is 2.40. The Bertz CT molecular complexity index is 1220. The first-order valence-corrected chi connectivity index (χ1v) is 9.73. The number of ether oxygens (including phenoxy) is 2. The van der Waals surface area contributed by atoms with Crippen LogP contribution in [0.2, 0.25) is 0 Å². The molecule has 1 atom stereocenters. The minimum atomic E-state index is -0.911. The van der Waals surface area contributed by atoms with Gasteiger partial charge in [0.25, 0.3) is 0 Å². The predicted octanol–water partition coefficient (Wildman–Crippen LogP) is 3.25. The van der Waals surface area contributed by atoms with Crippen molar-refractivity contribution in [3.8, 4) is 0 Å². The number of esters is 1. The molecule has 2 aromatic heterocycles. The topological polar surface area (TPSA) is 84.5 Å². The molecule has 1 N–H and O–H groups in total. The molecular formula is C23H19N3O4. The number of carbonyl (C=O) groups excluding carboxylic acids is 2. The molecule has 30 heavy (non-hydrogen) atoms. The van der Waals surface area contributed by atoms with Crippen molar-refractivity contribution in [1.29, 1.82) is 0 Å². The summed E-state index contributed by atoms with van der Waals surface area (Å²) >= 11 is 0. The summed E-state index contributed by atoms with van der Waals surface area (Å²) in [6, 6.07) is 11.9. The van der Waals surface area contributed by atoms with Gasteiger partial charge in [-0.15, -0.1) is 0 Å². The Morgan fingerprint density at radius 2 is 2.20 bits per heavy atom. The molecule has 1 aromatic carbocycles. The fourth-order valence-corrected chi connectivity index (χ4v) is 3.90. The molecule has 7 nitrogen and oxygen atoms in total. The number of ketones is 1. The number of aromatic nitrogens is 2. The number of aromatic amines is 1. The molecule has 0 amide bonds. The Hall–Kier alpha value is -3.87. The van der Waals surface area contributed by atoms with E-state index >= 15 is 0 Å². The Morgan fingerprint density at radius 3 is 3.07 bits per heavy atom. The molecule has 4 heterocycles. The van der Waals surface area contributed by atoms with Gasteiger partial charge in [0, 0.05) is 41.1 Å². The van der Waals surface area contributed by atoms with Crippen LogP contribution < -0.4 is 0 Å². The minimum Gasteiger partial charge on any atom is -0.469 e. The van der Waals surface area contributed by atoms with E-state index in [-0.39, 0.29) is 12.2 Å². The fraction of sp³-hybridized carbons (Fsp3) is 0.174. The average molecular weight is 401 g/mol. The van der Waals surface area contributed by atoms with Crippen molar-refractivity contribution in [3.63, 3.8) is 0 Å². The van der Waals surface area contributed by atoms with Crippen LogP contribution in [0.3, 0.4) is 0 Å². The Balaban J connectivity index is 1.54. The van der Waals surface area contributed by atoms with Gasteiger partial charge in [-0.3, -0.25) is 4.79 Å². The summed E-state index contributed by atoms with van der Waals surface area (Å²) in [4.78, 5) is 34.4. The number of hydrogen-bond acceptors (Lipinski definition) is 6. The van der Waals surface area contributed by atoms with Gasteiger partial charge in [-0.25, -0.2) is 9.78 Å². The molecule has 2 aliphatic rings. The monoisotopic (exact) mass is 401 g/mol. The maximum absolute atomic E-state index is 12.9. The quantitative estimate of drug-likeness (QED) is 0.534. The Labute approximate surface area is 172 Å². The normalized spacial score (nSPS) is 19.2. The molecule has 150 valence electrons. The third kappa shape index (κ3) is 2.86. The smallest absolute Gasteiger partial charge is 0.345 e. The SMILES string of the molecule is CCOC(=O)C1=COC(N2Cc3ccccc3/C2=C\c2c[nH]c3ncccc23)C1=O. The van der Waals surface area contributed by atoms with E-state index < -0.39 is 18.0 Å². The number of nitrogens with one attached hydrogen (secondary N) is 1. The van der Waals surface area contributed by atoms with Crippen LogP contribution in [0.1, 0.15) is 23.6 Å². The standard InChI is InChI=1S/C23H19N3O4/c1-2-29-23(28)18-13-30-22(20(18)27)26-12-14-6-3-4-7-16(14)19(26)10-15-11-25-21-17(15)8-5-9-24-21/h3-11,13,22H,2,12H2,1H3,(H,24,25)/b19-10+. The van der Waals surface area contributed by atoms with E-state index in [0.717, 1.165) is 33.4 Å². The van der Waals surface area contributed by atoms with Crippen LogP contribution >= 0.6 is 0 Å². The van der Waals surface area contributed by atoms with Gasteiger partial charge < -0.3 is 19.4 Å². The van der Waals surface area contributed by atoms with Crippen molar-refractivity contribution < 1.29 is 19.1 Å². The molecule has 2 aliphatic heterocycles. The summed E-state index contributed by atoms with van der Waals surface area (Å²) in [7, 11) is 0. The predicted molar refractivity (Wildman–Crippen MR) is 111 cm³/mol. The van der Waals surface area contributed by atoms with Crippen LogP contribution in [0, 0.1) is 0 Å². The van der Waals surface area contributed by atoms with Gasteiger partial charge >= 0.3 is 5.97 Å². The van der Waals surface area contributed by atoms with Crippen LogP contribution in [0.15, 0.2) is 60.6 Å². The summed E-state index contributed by atoms with van der Waals surface area (Å²) < 4.78 is 10.6. The third-order valence-corrected chi connectivity index (χ3v) is 5.30. The molecule has 7 heteroatoms. The highest BCUT2D eigenvalue weighted by Gasteiger charge is 2.42. The second-order valence-electron chi connectivity index (χ2n) is 7.06. The average Bonchev–Trinajstić information content (AvgIpc) is 3.44. The lowest BCUT2D eigenvalue weighted by molar-refractivity contribution is -0.140. The first-order valence-electron chi connectivity index (χ1n) is 9.73. The van der Waals surface area contributed by atoms with E-state index in [0.29, 0.717) is 6.54 Å². The maximum atomic E-state index is 12.9. The van der Waals surface area contributed by atoms with E-state index in [4.69, 9.17) is 9.47 Å². The zero-order valence-electron chi connectivity index (χ0n) is 16.3. The zero-order chi connectivity index (χ0) is 20.7. The number of carbonyl (C=O) groups is 2. The number of nitrogens with zero attached hydrogens (tertiary/aromatic N) is 2. The first kappa shape index (κ1) is 18.2. The second kappa shape index (κ2) is 7.18. The zero-order valence-corrected chi connectivity index (χ0v) is 16.3. The number of fused-ring (bicyclic) bond motifs is 2.